The molecule has 0 aromatic carbocycles. The van der Waals surface area contributed by atoms with Gasteiger partial charge in [0.05, 0.1) is 26.4 Å². The quantitative estimate of drug-likeness (QED) is 0.0222. The van der Waals surface area contributed by atoms with Crippen molar-refractivity contribution in [3.63, 3.8) is 0 Å². The molecule has 0 fully saturated rings. The highest BCUT2D eigenvalue weighted by molar-refractivity contribution is 7.47. The van der Waals surface area contributed by atoms with Crippen LogP contribution in [0.1, 0.15) is 331 Å². The molecule has 0 spiro atoms. The Labute approximate surface area is 530 Å². The van der Waals surface area contributed by atoms with E-state index in [-0.39, 0.29) is 25.7 Å². The SMILES string of the molecule is CCC(C)CCCCCCCCCCCCC(=O)OC[C@H](COP(=O)(O)OC[C@@H](O)COP(=O)(O)OC[C@@H](COC(=O)CCCCCCCCC(C)C)OC(=O)CCCCCCCCCCCC(C)C)OC(=O)CCCCCCCCCCCC(C)C. The topological polar surface area (TPSA) is 237 Å². The summed E-state index contributed by atoms with van der Waals surface area (Å²) in [5.74, 6) is 0.827. The van der Waals surface area contributed by atoms with Crippen LogP contribution in [0.15, 0.2) is 0 Å². The van der Waals surface area contributed by atoms with Crippen LogP contribution in [0.3, 0.4) is 0 Å². The Morgan fingerprint density at radius 1 is 0.322 bits per heavy atom. The largest absolute Gasteiger partial charge is 0.472 e. The van der Waals surface area contributed by atoms with Gasteiger partial charge in [0.25, 0.3) is 0 Å². The van der Waals surface area contributed by atoms with Crippen molar-refractivity contribution >= 4 is 39.5 Å². The highest BCUT2D eigenvalue weighted by atomic mass is 31.2. The number of carbonyl (C=O) groups is 4. The first-order valence-corrected chi connectivity index (χ1v) is 38.2. The maximum Gasteiger partial charge on any atom is 0.472 e. The Hall–Kier alpha value is -1.94. The Morgan fingerprint density at radius 3 is 0.816 bits per heavy atom. The Balaban J connectivity index is 5.25. The number of esters is 4. The third-order valence-corrected chi connectivity index (χ3v) is 17.8. The van der Waals surface area contributed by atoms with Crippen LogP contribution < -0.4 is 0 Å². The van der Waals surface area contributed by atoms with Gasteiger partial charge in [-0.25, -0.2) is 9.13 Å². The number of unbranched alkanes of at least 4 members (excludes halogenated alkanes) is 30. The first-order chi connectivity index (χ1) is 41.6. The second-order valence-electron chi connectivity index (χ2n) is 26.2. The summed E-state index contributed by atoms with van der Waals surface area (Å²) in [5.41, 5.74) is 0. The number of phosphoric ester groups is 2. The molecule has 3 unspecified atom stereocenters. The summed E-state index contributed by atoms with van der Waals surface area (Å²) in [5, 5.41) is 10.6. The van der Waals surface area contributed by atoms with E-state index in [4.69, 9.17) is 37.0 Å². The standard InChI is InChI=1S/C68H132O17P2/c1-9-61(8)47-39-31-22-16-10-11-17-23-32-40-48-65(70)78-54-63(84-67(72)50-42-34-24-18-12-14-20-28-36-44-58(2)3)56-82-86(74,75)80-52-62(69)53-81-87(76,77)83-57-64(55-79-66(71)49-41-33-27-26-30-38-46-60(6)7)85-68(73)51-43-35-25-19-13-15-21-29-37-45-59(4)5/h58-64,69H,9-57H2,1-8H3,(H,74,75)(H,76,77)/t61?,62-,63-,64-/m1/s1. The van der Waals surface area contributed by atoms with Crippen molar-refractivity contribution < 1.29 is 80.2 Å². The van der Waals surface area contributed by atoms with Gasteiger partial charge in [-0.05, 0) is 49.4 Å². The van der Waals surface area contributed by atoms with Gasteiger partial charge in [-0.1, -0.05) is 280 Å². The van der Waals surface area contributed by atoms with Crippen LogP contribution in [-0.4, -0.2) is 96.7 Å². The van der Waals surface area contributed by atoms with Gasteiger partial charge in [0.15, 0.2) is 12.2 Å². The minimum atomic E-state index is -4.95. The molecule has 0 saturated heterocycles. The molecule has 0 aliphatic heterocycles. The monoisotopic (exact) mass is 1280 g/mol. The van der Waals surface area contributed by atoms with Crippen LogP contribution in [0.4, 0.5) is 0 Å². The highest BCUT2D eigenvalue weighted by Gasteiger charge is 2.30. The first-order valence-electron chi connectivity index (χ1n) is 35.2. The van der Waals surface area contributed by atoms with Crippen LogP contribution in [0.2, 0.25) is 0 Å². The third-order valence-electron chi connectivity index (χ3n) is 15.9. The second-order valence-corrected chi connectivity index (χ2v) is 29.1. The zero-order chi connectivity index (χ0) is 64.7. The van der Waals surface area contributed by atoms with Gasteiger partial charge in [-0.2, -0.15) is 0 Å². The van der Waals surface area contributed by atoms with E-state index in [1.807, 2.05) is 0 Å². The van der Waals surface area contributed by atoms with E-state index >= 15 is 0 Å². The predicted molar refractivity (Wildman–Crippen MR) is 349 cm³/mol. The predicted octanol–water partition coefficient (Wildman–Crippen LogP) is 18.9. The molecule has 3 N–H and O–H groups in total. The van der Waals surface area contributed by atoms with E-state index in [1.54, 1.807) is 0 Å². The van der Waals surface area contributed by atoms with Crippen LogP contribution in [0.5, 0.6) is 0 Å². The molecule has 0 aliphatic rings. The van der Waals surface area contributed by atoms with Gasteiger partial charge in [-0.3, -0.25) is 37.3 Å². The van der Waals surface area contributed by atoms with Gasteiger partial charge in [0.1, 0.15) is 19.3 Å². The summed E-state index contributed by atoms with van der Waals surface area (Å²) >= 11 is 0. The van der Waals surface area contributed by atoms with Crippen LogP contribution in [-0.2, 0) is 65.4 Å². The van der Waals surface area contributed by atoms with Crippen molar-refractivity contribution in [3.05, 3.63) is 0 Å². The van der Waals surface area contributed by atoms with E-state index in [2.05, 4.69) is 55.4 Å². The second kappa shape index (κ2) is 57.9. The number of phosphoric acid groups is 2. The normalized spacial score (nSPS) is 14.6. The summed E-state index contributed by atoms with van der Waals surface area (Å²) in [6.07, 6.45) is 39.0. The average Bonchev–Trinajstić information content (AvgIpc) is 3.66. The first kappa shape index (κ1) is 85.1. The highest BCUT2D eigenvalue weighted by Crippen LogP contribution is 2.45. The zero-order valence-corrected chi connectivity index (χ0v) is 58.4. The van der Waals surface area contributed by atoms with Crippen molar-refractivity contribution in [2.45, 2.75) is 350 Å². The number of aliphatic hydroxyl groups is 1. The van der Waals surface area contributed by atoms with Crippen molar-refractivity contribution in [3.8, 4) is 0 Å². The van der Waals surface area contributed by atoms with Gasteiger partial charge in [0, 0.05) is 25.7 Å². The zero-order valence-electron chi connectivity index (χ0n) is 56.6. The fraction of sp³-hybridized carbons (Fsp3) is 0.941. The lowest BCUT2D eigenvalue weighted by atomic mass is 9.99. The van der Waals surface area contributed by atoms with Crippen LogP contribution in [0.25, 0.3) is 0 Å². The molecule has 19 heteroatoms. The summed E-state index contributed by atoms with van der Waals surface area (Å²) < 4.78 is 68.2. The Bertz CT molecular complexity index is 1730. The Kier molecular flexibility index (Phi) is 56.6. The molecule has 0 saturated carbocycles. The minimum absolute atomic E-state index is 0.104. The van der Waals surface area contributed by atoms with Crippen LogP contribution in [0, 0.1) is 23.7 Å². The van der Waals surface area contributed by atoms with Gasteiger partial charge >= 0.3 is 39.5 Å². The molecule has 6 atom stereocenters. The molecule has 0 aromatic rings. The molecule has 0 aromatic heterocycles. The lowest BCUT2D eigenvalue weighted by Gasteiger charge is -2.21. The van der Waals surface area contributed by atoms with Crippen molar-refractivity contribution in [2.24, 2.45) is 23.7 Å². The third kappa shape index (κ3) is 61.3. The molecule has 0 radical (unpaired) electrons. The van der Waals surface area contributed by atoms with Gasteiger partial charge in [0.2, 0.25) is 0 Å². The molecular formula is C68H132O17P2. The number of rotatable bonds is 65. The number of aliphatic hydroxyl groups excluding tert-OH is 1. The molecule has 87 heavy (non-hydrogen) atoms. The lowest BCUT2D eigenvalue weighted by Crippen LogP contribution is -2.30. The van der Waals surface area contributed by atoms with Crippen molar-refractivity contribution in [2.75, 3.05) is 39.6 Å². The number of carbonyl (C=O) groups excluding carboxylic acids is 4. The molecule has 0 amide bonds. The number of hydrogen-bond acceptors (Lipinski definition) is 15. The van der Waals surface area contributed by atoms with E-state index < -0.39 is 97.5 Å². The maximum absolute atomic E-state index is 13.0. The molecule has 0 aliphatic carbocycles. The summed E-state index contributed by atoms with van der Waals surface area (Å²) in [6, 6.07) is 0. The Morgan fingerprint density at radius 2 is 0.552 bits per heavy atom. The maximum atomic E-state index is 13.0. The summed E-state index contributed by atoms with van der Waals surface area (Å²) in [6.45, 7) is 14.0. The minimum Gasteiger partial charge on any atom is -0.462 e. The van der Waals surface area contributed by atoms with E-state index in [0.29, 0.717) is 31.6 Å². The van der Waals surface area contributed by atoms with Gasteiger partial charge < -0.3 is 33.8 Å². The lowest BCUT2D eigenvalue weighted by molar-refractivity contribution is -0.161. The fourth-order valence-electron chi connectivity index (χ4n) is 10.1. The number of ether oxygens (including phenoxy) is 4. The van der Waals surface area contributed by atoms with Crippen molar-refractivity contribution in [1.82, 2.24) is 0 Å². The van der Waals surface area contributed by atoms with E-state index in [1.165, 1.54) is 128 Å². The summed E-state index contributed by atoms with van der Waals surface area (Å²) in [4.78, 5) is 72.4. The van der Waals surface area contributed by atoms with Gasteiger partial charge in [-0.15, -0.1) is 0 Å². The average molecular weight is 1280 g/mol. The number of hydrogen-bond donors (Lipinski definition) is 3. The summed E-state index contributed by atoms with van der Waals surface area (Å²) in [7, 11) is -9.90. The van der Waals surface area contributed by atoms with E-state index in [9.17, 15) is 43.2 Å². The molecule has 0 bridgehead atoms. The molecule has 516 valence electrons. The van der Waals surface area contributed by atoms with E-state index in [0.717, 1.165) is 114 Å². The molecule has 0 rings (SSSR count). The van der Waals surface area contributed by atoms with Crippen molar-refractivity contribution in [1.29, 1.82) is 0 Å². The molecule has 0 heterocycles. The smallest absolute Gasteiger partial charge is 0.462 e. The molecule has 17 nitrogen and oxygen atoms in total. The fourth-order valence-corrected chi connectivity index (χ4v) is 11.7. The van der Waals surface area contributed by atoms with Crippen LogP contribution >= 0.6 is 15.6 Å². The molecular weight excluding hydrogens is 1150 g/mol.